The van der Waals surface area contributed by atoms with Crippen molar-refractivity contribution in [3.05, 3.63) is 55.4 Å². The first-order valence-corrected chi connectivity index (χ1v) is 8.02. The summed E-state index contributed by atoms with van der Waals surface area (Å²) in [5.74, 6) is -0.255. The van der Waals surface area contributed by atoms with Crippen molar-refractivity contribution in [2.24, 2.45) is 0 Å². The molecule has 1 aromatic heterocycles. The molecule has 19 heavy (non-hydrogen) atoms. The minimum absolute atomic E-state index is 0.107. The molecule has 1 heterocycles. The molecule has 0 bridgehead atoms. The summed E-state index contributed by atoms with van der Waals surface area (Å²) in [6.45, 7) is 2.77. The molecule has 1 atom stereocenters. The zero-order valence-electron chi connectivity index (χ0n) is 10.4. The topological polar surface area (TPSA) is 12.0 Å². The first-order valence-electron chi connectivity index (χ1n) is 6.03. The average Bonchev–Trinajstić information content (AvgIpc) is 2.75. The van der Waals surface area contributed by atoms with Gasteiger partial charge in [0.05, 0.1) is 3.79 Å². The van der Waals surface area contributed by atoms with Crippen LogP contribution in [0.25, 0.3) is 0 Å². The lowest BCUT2D eigenvalue weighted by atomic mass is 10.0. The van der Waals surface area contributed by atoms with Crippen LogP contribution in [0.5, 0.6) is 0 Å². The summed E-state index contributed by atoms with van der Waals surface area (Å²) in [5.41, 5.74) is 0.551. The van der Waals surface area contributed by atoms with E-state index in [1.165, 1.54) is 10.9 Å². The van der Waals surface area contributed by atoms with Crippen LogP contribution in [0, 0.1) is 5.82 Å². The van der Waals surface area contributed by atoms with Crippen molar-refractivity contribution in [1.29, 1.82) is 0 Å². The van der Waals surface area contributed by atoms with Crippen LogP contribution in [-0.2, 0) is 6.42 Å². The molecule has 1 unspecified atom stereocenters. The molecule has 102 valence electrons. The van der Waals surface area contributed by atoms with Gasteiger partial charge in [-0.05, 0) is 46.7 Å². The van der Waals surface area contributed by atoms with Crippen LogP contribution < -0.4 is 5.32 Å². The molecule has 2 rings (SSSR count). The van der Waals surface area contributed by atoms with E-state index >= 15 is 0 Å². The summed E-state index contributed by atoms with van der Waals surface area (Å²) in [6, 6.07) is 8.76. The highest BCUT2D eigenvalue weighted by Crippen LogP contribution is 2.31. The van der Waals surface area contributed by atoms with E-state index in [-0.39, 0.29) is 11.9 Å². The van der Waals surface area contributed by atoms with E-state index in [0.29, 0.717) is 10.6 Å². The van der Waals surface area contributed by atoms with Crippen molar-refractivity contribution in [3.63, 3.8) is 0 Å². The Balaban J connectivity index is 2.29. The van der Waals surface area contributed by atoms with Gasteiger partial charge in [-0.2, -0.15) is 0 Å². The van der Waals surface area contributed by atoms with Crippen LogP contribution in [0.15, 0.2) is 34.1 Å². The fraction of sp³-hybridized carbons (Fsp3) is 0.286. The van der Waals surface area contributed by atoms with E-state index < -0.39 is 0 Å². The number of benzene rings is 1. The Hall–Kier alpha value is -0.420. The molecule has 5 heteroatoms. The van der Waals surface area contributed by atoms with E-state index in [2.05, 4.69) is 21.2 Å². The minimum Gasteiger partial charge on any atom is -0.310 e. The van der Waals surface area contributed by atoms with Crippen LogP contribution in [0.2, 0.25) is 5.02 Å². The number of halogens is 3. The molecule has 0 spiro atoms. The van der Waals surface area contributed by atoms with E-state index in [9.17, 15) is 4.39 Å². The van der Waals surface area contributed by atoms with Crippen molar-refractivity contribution >= 4 is 38.9 Å². The largest absolute Gasteiger partial charge is 0.310 e. The van der Waals surface area contributed by atoms with Gasteiger partial charge in [0.1, 0.15) is 5.82 Å². The van der Waals surface area contributed by atoms with E-state index in [1.807, 2.05) is 19.1 Å². The second-order valence-electron chi connectivity index (χ2n) is 4.16. The average molecular weight is 363 g/mol. The van der Waals surface area contributed by atoms with Gasteiger partial charge >= 0.3 is 0 Å². The SMILES string of the molecule is CCNC(Cc1ccc(Br)s1)c1c(F)cccc1Cl. The maximum Gasteiger partial charge on any atom is 0.129 e. The Morgan fingerprint density at radius 3 is 2.74 bits per heavy atom. The molecule has 0 saturated carbocycles. The predicted molar refractivity (Wildman–Crippen MR) is 83.6 cm³/mol. The van der Waals surface area contributed by atoms with Gasteiger partial charge in [-0.1, -0.05) is 24.6 Å². The predicted octanol–water partition coefficient (Wildman–Crippen LogP) is 5.20. The highest BCUT2D eigenvalue weighted by atomic mass is 79.9. The van der Waals surface area contributed by atoms with Crippen molar-refractivity contribution in [3.8, 4) is 0 Å². The molecule has 0 saturated heterocycles. The molecule has 0 amide bonds. The zero-order valence-corrected chi connectivity index (χ0v) is 13.6. The Morgan fingerprint density at radius 1 is 1.37 bits per heavy atom. The molecule has 1 nitrogen and oxygen atoms in total. The fourth-order valence-electron chi connectivity index (χ4n) is 2.03. The molecular formula is C14H14BrClFNS. The molecule has 0 aliphatic heterocycles. The summed E-state index contributed by atoms with van der Waals surface area (Å²) >= 11 is 11.2. The first kappa shape index (κ1) is 15.0. The van der Waals surface area contributed by atoms with Crippen molar-refractivity contribution in [2.45, 2.75) is 19.4 Å². The summed E-state index contributed by atoms with van der Waals surface area (Å²) in [6.07, 6.45) is 0.727. The standard InChI is InChI=1S/C14H14BrClFNS/c1-2-18-12(8-9-6-7-13(15)19-9)14-10(16)4-3-5-11(14)17/h3-7,12,18H,2,8H2,1H3. The monoisotopic (exact) mass is 361 g/mol. The Labute approximate surface area is 129 Å². The van der Waals surface area contributed by atoms with Gasteiger partial charge in [0.2, 0.25) is 0 Å². The van der Waals surface area contributed by atoms with Gasteiger partial charge in [0, 0.05) is 27.9 Å². The molecule has 2 aromatic rings. The number of rotatable bonds is 5. The highest BCUT2D eigenvalue weighted by Gasteiger charge is 2.19. The summed E-state index contributed by atoms with van der Waals surface area (Å²) in [5, 5.41) is 3.78. The second kappa shape index (κ2) is 6.84. The third-order valence-electron chi connectivity index (χ3n) is 2.83. The third kappa shape index (κ3) is 3.78. The maximum atomic E-state index is 14.0. The minimum atomic E-state index is -0.255. The number of hydrogen-bond donors (Lipinski definition) is 1. The van der Waals surface area contributed by atoms with Gasteiger partial charge in [-0.25, -0.2) is 4.39 Å². The zero-order chi connectivity index (χ0) is 13.8. The van der Waals surface area contributed by atoms with Crippen molar-refractivity contribution < 1.29 is 4.39 Å². The lowest BCUT2D eigenvalue weighted by Gasteiger charge is -2.19. The summed E-state index contributed by atoms with van der Waals surface area (Å²) < 4.78 is 15.1. The number of thiophene rings is 1. The van der Waals surface area contributed by atoms with Gasteiger partial charge < -0.3 is 5.32 Å². The van der Waals surface area contributed by atoms with Gasteiger partial charge in [0.25, 0.3) is 0 Å². The summed E-state index contributed by atoms with van der Waals surface area (Å²) in [4.78, 5) is 1.19. The van der Waals surface area contributed by atoms with Crippen LogP contribution in [0.1, 0.15) is 23.4 Å². The van der Waals surface area contributed by atoms with Crippen LogP contribution in [-0.4, -0.2) is 6.54 Å². The first-order chi connectivity index (χ1) is 9.11. The summed E-state index contributed by atoms with van der Waals surface area (Å²) in [7, 11) is 0. The molecular weight excluding hydrogens is 349 g/mol. The smallest absolute Gasteiger partial charge is 0.129 e. The lowest BCUT2D eigenvalue weighted by molar-refractivity contribution is 0.512. The van der Waals surface area contributed by atoms with Crippen molar-refractivity contribution in [1.82, 2.24) is 5.32 Å². The molecule has 0 fully saturated rings. The van der Waals surface area contributed by atoms with Crippen LogP contribution in [0.4, 0.5) is 4.39 Å². The van der Waals surface area contributed by atoms with E-state index in [0.717, 1.165) is 16.8 Å². The second-order valence-corrected chi connectivity index (χ2v) is 7.11. The normalized spacial score (nSPS) is 12.6. The Bertz CT molecular complexity index is 538. The molecule has 1 aromatic carbocycles. The van der Waals surface area contributed by atoms with Gasteiger partial charge in [0.15, 0.2) is 0 Å². The number of nitrogens with one attached hydrogen (secondary N) is 1. The maximum absolute atomic E-state index is 14.0. The quantitative estimate of drug-likeness (QED) is 0.771. The lowest BCUT2D eigenvalue weighted by Crippen LogP contribution is -2.24. The van der Waals surface area contributed by atoms with Crippen molar-refractivity contribution in [2.75, 3.05) is 6.54 Å². The van der Waals surface area contributed by atoms with E-state index in [4.69, 9.17) is 11.6 Å². The molecule has 0 aliphatic carbocycles. The van der Waals surface area contributed by atoms with Crippen LogP contribution >= 0.6 is 38.9 Å². The van der Waals surface area contributed by atoms with Gasteiger partial charge in [-0.3, -0.25) is 0 Å². The van der Waals surface area contributed by atoms with Gasteiger partial charge in [-0.15, -0.1) is 11.3 Å². The highest BCUT2D eigenvalue weighted by molar-refractivity contribution is 9.11. The Kier molecular flexibility index (Phi) is 5.39. The fourth-order valence-corrected chi connectivity index (χ4v) is 3.85. The molecule has 0 aliphatic rings. The molecule has 0 radical (unpaired) electrons. The number of hydrogen-bond acceptors (Lipinski definition) is 2. The van der Waals surface area contributed by atoms with E-state index in [1.54, 1.807) is 23.5 Å². The molecule has 1 N–H and O–H groups in total. The van der Waals surface area contributed by atoms with Crippen LogP contribution in [0.3, 0.4) is 0 Å². The number of likely N-dealkylation sites (N-methyl/N-ethyl adjacent to an activating group) is 1. The Morgan fingerprint density at radius 2 is 2.16 bits per heavy atom. The third-order valence-corrected chi connectivity index (χ3v) is 4.81.